The molecule has 3 nitrogen and oxygen atoms in total. The number of sulfonamides is 1. The summed E-state index contributed by atoms with van der Waals surface area (Å²) in [6.45, 7) is 0. The molecule has 4 heteroatoms. The zero-order chi connectivity index (χ0) is 13.6. The molecule has 0 saturated carbocycles. The summed E-state index contributed by atoms with van der Waals surface area (Å²) in [4.78, 5) is 0. The third kappa shape index (κ3) is 4.60. The molecule has 0 aromatic heterocycles. The van der Waals surface area contributed by atoms with E-state index in [1.165, 1.54) is 6.20 Å². The van der Waals surface area contributed by atoms with Crippen LogP contribution in [0.3, 0.4) is 0 Å². The minimum Gasteiger partial charge on any atom is -0.290 e. The van der Waals surface area contributed by atoms with Crippen molar-refractivity contribution in [2.45, 2.75) is 5.75 Å². The van der Waals surface area contributed by atoms with Crippen molar-refractivity contribution in [3.8, 4) is 0 Å². The van der Waals surface area contributed by atoms with Gasteiger partial charge in [0.15, 0.2) is 0 Å². The number of benzene rings is 2. The third-order valence-electron chi connectivity index (χ3n) is 2.52. The van der Waals surface area contributed by atoms with E-state index in [9.17, 15) is 8.42 Å². The molecule has 0 bridgehead atoms. The summed E-state index contributed by atoms with van der Waals surface area (Å²) in [6, 6.07) is 18.6. The zero-order valence-electron chi connectivity index (χ0n) is 10.4. The van der Waals surface area contributed by atoms with Crippen LogP contribution in [0.25, 0.3) is 6.08 Å². The van der Waals surface area contributed by atoms with E-state index >= 15 is 0 Å². The molecule has 0 atom stereocenters. The van der Waals surface area contributed by atoms with Crippen molar-refractivity contribution in [1.82, 2.24) is 4.72 Å². The van der Waals surface area contributed by atoms with Gasteiger partial charge in [0.05, 0.1) is 5.75 Å². The van der Waals surface area contributed by atoms with Crippen LogP contribution < -0.4 is 4.72 Å². The first-order valence-electron chi connectivity index (χ1n) is 5.91. The third-order valence-corrected chi connectivity index (χ3v) is 3.73. The van der Waals surface area contributed by atoms with Crippen LogP contribution in [0.5, 0.6) is 0 Å². The smallest absolute Gasteiger partial charge is 0.236 e. The average molecular weight is 273 g/mol. The molecule has 0 spiro atoms. The minimum atomic E-state index is -3.34. The van der Waals surface area contributed by atoms with Gasteiger partial charge < -0.3 is 0 Å². The summed E-state index contributed by atoms with van der Waals surface area (Å²) in [5, 5.41) is 0. The predicted molar refractivity (Wildman–Crippen MR) is 77.7 cm³/mol. The molecule has 0 unspecified atom stereocenters. The van der Waals surface area contributed by atoms with Gasteiger partial charge in [-0.05, 0) is 17.2 Å². The molecule has 0 aliphatic carbocycles. The number of nitrogens with one attached hydrogen (secondary N) is 1. The Bertz CT molecular complexity index is 634. The van der Waals surface area contributed by atoms with Crippen molar-refractivity contribution in [2.24, 2.45) is 0 Å². The lowest BCUT2D eigenvalue weighted by Crippen LogP contribution is -2.19. The van der Waals surface area contributed by atoms with Crippen molar-refractivity contribution in [1.29, 1.82) is 0 Å². The lowest BCUT2D eigenvalue weighted by molar-refractivity contribution is 0.590. The number of rotatable bonds is 5. The molecule has 0 heterocycles. The maximum Gasteiger partial charge on any atom is 0.236 e. The van der Waals surface area contributed by atoms with Gasteiger partial charge in [-0.2, -0.15) is 0 Å². The first-order valence-corrected chi connectivity index (χ1v) is 7.56. The van der Waals surface area contributed by atoms with Gasteiger partial charge in [-0.1, -0.05) is 60.7 Å². The summed E-state index contributed by atoms with van der Waals surface area (Å²) >= 11 is 0. The van der Waals surface area contributed by atoms with Crippen molar-refractivity contribution >= 4 is 16.1 Å². The van der Waals surface area contributed by atoms with Crippen LogP contribution in [0.15, 0.2) is 66.9 Å². The molecule has 1 N–H and O–H groups in total. The van der Waals surface area contributed by atoms with E-state index in [0.717, 1.165) is 11.1 Å². The first kappa shape index (κ1) is 13.4. The molecule has 98 valence electrons. The first-order chi connectivity index (χ1) is 9.16. The van der Waals surface area contributed by atoms with Crippen LogP contribution in [0.2, 0.25) is 0 Å². The standard InChI is InChI=1S/C15H15NO2S/c17-19(18,13-15-9-5-2-6-10-15)16-12-11-14-7-3-1-4-8-14/h1-12,16H,13H2. The van der Waals surface area contributed by atoms with E-state index in [2.05, 4.69) is 4.72 Å². The summed E-state index contributed by atoms with van der Waals surface area (Å²) in [7, 11) is -3.34. The van der Waals surface area contributed by atoms with Gasteiger partial charge in [0.1, 0.15) is 0 Å². The highest BCUT2D eigenvalue weighted by molar-refractivity contribution is 7.88. The van der Waals surface area contributed by atoms with E-state index in [1.54, 1.807) is 18.2 Å². The van der Waals surface area contributed by atoms with Gasteiger partial charge in [-0.25, -0.2) is 8.42 Å². The molecule has 2 aromatic carbocycles. The Morgan fingerprint density at radius 1 is 0.895 bits per heavy atom. The molecule has 0 aliphatic heterocycles. The van der Waals surface area contributed by atoms with E-state index in [0.29, 0.717) is 0 Å². The molecular weight excluding hydrogens is 258 g/mol. The molecule has 2 aromatic rings. The Kier molecular flexibility index (Phi) is 4.36. The van der Waals surface area contributed by atoms with Gasteiger partial charge in [0.25, 0.3) is 0 Å². The molecule has 0 fully saturated rings. The molecular formula is C15H15NO2S. The van der Waals surface area contributed by atoms with Gasteiger partial charge in [0.2, 0.25) is 10.0 Å². The zero-order valence-corrected chi connectivity index (χ0v) is 11.2. The topological polar surface area (TPSA) is 46.2 Å². The van der Waals surface area contributed by atoms with Crippen LogP contribution in [-0.4, -0.2) is 8.42 Å². The van der Waals surface area contributed by atoms with Crippen molar-refractivity contribution < 1.29 is 8.42 Å². The summed E-state index contributed by atoms with van der Waals surface area (Å²) in [5.41, 5.74) is 1.72. The second-order valence-corrected chi connectivity index (χ2v) is 5.86. The normalized spacial score (nSPS) is 11.6. The molecule has 0 aliphatic rings. The van der Waals surface area contributed by atoms with Crippen LogP contribution in [0, 0.1) is 0 Å². The van der Waals surface area contributed by atoms with Crippen molar-refractivity contribution in [2.75, 3.05) is 0 Å². The van der Waals surface area contributed by atoms with Crippen molar-refractivity contribution in [3.63, 3.8) is 0 Å². The average Bonchev–Trinajstić information content (AvgIpc) is 2.40. The van der Waals surface area contributed by atoms with Gasteiger partial charge in [-0.3, -0.25) is 4.72 Å². The fourth-order valence-corrected chi connectivity index (χ4v) is 2.62. The minimum absolute atomic E-state index is 0.0209. The second kappa shape index (κ2) is 6.20. The Hall–Kier alpha value is -2.07. The summed E-state index contributed by atoms with van der Waals surface area (Å²) in [5.74, 6) is -0.0209. The van der Waals surface area contributed by atoms with E-state index in [1.807, 2.05) is 48.5 Å². The molecule has 0 saturated heterocycles. The molecule has 0 radical (unpaired) electrons. The fraction of sp³-hybridized carbons (Fsp3) is 0.0667. The molecule has 0 amide bonds. The fourth-order valence-electron chi connectivity index (χ4n) is 1.63. The van der Waals surface area contributed by atoms with Gasteiger partial charge in [0, 0.05) is 6.20 Å². The quantitative estimate of drug-likeness (QED) is 0.910. The lowest BCUT2D eigenvalue weighted by Gasteiger charge is -2.03. The van der Waals surface area contributed by atoms with Crippen molar-refractivity contribution in [3.05, 3.63) is 78.0 Å². The largest absolute Gasteiger partial charge is 0.290 e. The molecule has 19 heavy (non-hydrogen) atoms. The van der Waals surface area contributed by atoms with E-state index in [-0.39, 0.29) is 5.75 Å². The van der Waals surface area contributed by atoms with Crippen LogP contribution in [-0.2, 0) is 15.8 Å². The predicted octanol–water partition coefficient (Wildman–Crippen LogP) is 2.78. The highest BCUT2D eigenvalue weighted by Gasteiger charge is 2.08. The Morgan fingerprint density at radius 2 is 1.47 bits per heavy atom. The monoisotopic (exact) mass is 273 g/mol. The maximum absolute atomic E-state index is 11.8. The Labute approximate surface area is 113 Å². The highest BCUT2D eigenvalue weighted by atomic mass is 32.2. The summed E-state index contributed by atoms with van der Waals surface area (Å²) in [6.07, 6.45) is 3.18. The van der Waals surface area contributed by atoms with E-state index in [4.69, 9.17) is 0 Å². The Balaban J connectivity index is 1.97. The number of hydrogen-bond donors (Lipinski definition) is 1. The SMILES string of the molecule is O=S(=O)(Cc1ccccc1)NC=Cc1ccccc1. The lowest BCUT2D eigenvalue weighted by atomic mass is 10.2. The van der Waals surface area contributed by atoms with Gasteiger partial charge >= 0.3 is 0 Å². The number of hydrogen-bond acceptors (Lipinski definition) is 2. The summed E-state index contributed by atoms with van der Waals surface area (Å²) < 4.78 is 26.1. The van der Waals surface area contributed by atoms with Gasteiger partial charge in [-0.15, -0.1) is 0 Å². The Morgan fingerprint density at radius 3 is 2.11 bits per heavy atom. The van der Waals surface area contributed by atoms with Crippen LogP contribution in [0.4, 0.5) is 0 Å². The van der Waals surface area contributed by atoms with Crippen LogP contribution >= 0.6 is 0 Å². The molecule has 2 rings (SSSR count). The van der Waals surface area contributed by atoms with E-state index < -0.39 is 10.0 Å². The highest BCUT2D eigenvalue weighted by Crippen LogP contribution is 2.05. The maximum atomic E-state index is 11.8. The second-order valence-electron chi connectivity index (χ2n) is 4.11. The van der Waals surface area contributed by atoms with Crippen LogP contribution in [0.1, 0.15) is 11.1 Å².